The first-order chi connectivity index (χ1) is 11.2. The summed E-state index contributed by atoms with van der Waals surface area (Å²) in [6.07, 6.45) is 11.9. The number of likely N-dealkylation sites (N-methyl/N-ethyl adjacent to an activating group) is 1. The fourth-order valence-electron chi connectivity index (χ4n) is 2.64. The van der Waals surface area contributed by atoms with Gasteiger partial charge in [-0.3, -0.25) is 4.98 Å². The van der Waals surface area contributed by atoms with Gasteiger partial charge in [0.2, 0.25) is 0 Å². The molecule has 0 radical (unpaired) electrons. The van der Waals surface area contributed by atoms with Gasteiger partial charge in [0.25, 0.3) is 0 Å². The molecule has 0 aliphatic carbocycles. The maximum Gasteiger partial charge on any atom is 0.156 e. The fourth-order valence-corrected chi connectivity index (χ4v) is 2.64. The molecule has 5 heteroatoms. The second kappa shape index (κ2) is 5.35. The Morgan fingerprint density at radius 2 is 1.87 bits per heavy atom. The second-order valence-electron chi connectivity index (χ2n) is 5.60. The first kappa shape index (κ1) is 13.7. The number of benzene rings is 1. The molecule has 2 aromatic heterocycles. The Kier molecular flexibility index (Phi) is 3.19. The molecule has 1 aliphatic rings. The van der Waals surface area contributed by atoms with Gasteiger partial charge in [-0.1, -0.05) is 12.2 Å². The molecule has 0 saturated heterocycles. The maximum absolute atomic E-state index is 13.0. The zero-order valence-corrected chi connectivity index (χ0v) is 12.6. The highest BCUT2D eigenvalue weighted by molar-refractivity contribution is 5.73. The SMILES string of the molecule is CN1C=C(c2cn3cc(-c4ccc(F)cc4)ncc3n2)C=CC1. The highest BCUT2D eigenvalue weighted by atomic mass is 19.1. The summed E-state index contributed by atoms with van der Waals surface area (Å²) < 4.78 is 15.0. The van der Waals surface area contributed by atoms with Crippen molar-refractivity contribution in [1.82, 2.24) is 19.3 Å². The van der Waals surface area contributed by atoms with E-state index >= 15 is 0 Å². The minimum atomic E-state index is -0.250. The van der Waals surface area contributed by atoms with Crippen LogP contribution in [-0.2, 0) is 0 Å². The molecule has 4 rings (SSSR count). The molecule has 0 saturated carbocycles. The zero-order chi connectivity index (χ0) is 15.8. The van der Waals surface area contributed by atoms with Crippen molar-refractivity contribution in [2.75, 3.05) is 13.6 Å². The summed E-state index contributed by atoms with van der Waals surface area (Å²) in [6.45, 7) is 0.910. The van der Waals surface area contributed by atoms with E-state index in [1.165, 1.54) is 12.1 Å². The Bertz CT molecular complexity index is 922. The minimum absolute atomic E-state index is 0.250. The van der Waals surface area contributed by atoms with Crippen molar-refractivity contribution in [2.24, 2.45) is 0 Å². The van der Waals surface area contributed by atoms with Gasteiger partial charge < -0.3 is 9.30 Å². The predicted molar refractivity (Wildman–Crippen MR) is 88.1 cm³/mol. The largest absolute Gasteiger partial charge is 0.376 e. The highest BCUT2D eigenvalue weighted by Crippen LogP contribution is 2.22. The standard InChI is InChI=1S/C18H15FN4/c1-22-8-2-3-14(10-22)17-12-23-11-16(20-9-18(23)21-17)13-4-6-15(19)7-5-13/h2-7,9-12H,8H2,1H3. The topological polar surface area (TPSA) is 33.4 Å². The first-order valence-corrected chi connectivity index (χ1v) is 7.39. The van der Waals surface area contributed by atoms with Gasteiger partial charge in [0, 0.05) is 43.3 Å². The molecule has 0 unspecified atom stereocenters. The number of fused-ring (bicyclic) bond motifs is 1. The van der Waals surface area contributed by atoms with Crippen LogP contribution in [0.1, 0.15) is 5.69 Å². The Morgan fingerprint density at radius 3 is 2.65 bits per heavy atom. The molecule has 0 spiro atoms. The van der Waals surface area contributed by atoms with Gasteiger partial charge in [-0.2, -0.15) is 0 Å². The molecule has 3 aromatic rings. The number of imidazole rings is 1. The average Bonchev–Trinajstić information content (AvgIpc) is 2.99. The number of rotatable bonds is 2. The van der Waals surface area contributed by atoms with Gasteiger partial charge in [-0.25, -0.2) is 9.37 Å². The Balaban J connectivity index is 1.75. The van der Waals surface area contributed by atoms with Crippen LogP contribution in [0.3, 0.4) is 0 Å². The van der Waals surface area contributed by atoms with Gasteiger partial charge in [0.1, 0.15) is 5.82 Å². The Hall–Kier alpha value is -2.95. The van der Waals surface area contributed by atoms with Crippen LogP contribution in [0, 0.1) is 5.82 Å². The number of nitrogens with zero attached hydrogens (tertiary/aromatic N) is 4. The molecular formula is C18H15FN4. The molecule has 0 amide bonds. The zero-order valence-electron chi connectivity index (χ0n) is 12.6. The summed E-state index contributed by atoms with van der Waals surface area (Å²) in [5.74, 6) is -0.250. The van der Waals surface area contributed by atoms with E-state index in [2.05, 4.69) is 33.2 Å². The normalized spacial score (nSPS) is 14.3. The van der Waals surface area contributed by atoms with E-state index in [4.69, 9.17) is 0 Å². The van der Waals surface area contributed by atoms with E-state index in [1.54, 1.807) is 18.3 Å². The molecule has 0 fully saturated rings. The summed E-state index contributed by atoms with van der Waals surface area (Å²) in [5.41, 5.74) is 4.43. The third-order valence-corrected chi connectivity index (χ3v) is 3.83. The predicted octanol–water partition coefficient (Wildman–Crippen LogP) is 3.38. The maximum atomic E-state index is 13.0. The van der Waals surface area contributed by atoms with Crippen LogP contribution < -0.4 is 0 Å². The van der Waals surface area contributed by atoms with E-state index in [1.807, 2.05) is 23.8 Å². The van der Waals surface area contributed by atoms with Crippen LogP contribution in [0.5, 0.6) is 0 Å². The summed E-state index contributed by atoms with van der Waals surface area (Å²) in [7, 11) is 2.04. The molecule has 23 heavy (non-hydrogen) atoms. The molecule has 1 aliphatic heterocycles. The summed E-state index contributed by atoms with van der Waals surface area (Å²) in [4.78, 5) is 11.2. The number of aromatic nitrogens is 3. The lowest BCUT2D eigenvalue weighted by atomic mass is 10.1. The number of hydrogen-bond acceptors (Lipinski definition) is 3. The monoisotopic (exact) mass is 306 g/mol. The lowest BCUT2D eigenvalue weighted by molar-refractivity contribution is 0.507. The van der Waals surface area contributed by atoms with Gasteiger partial charge in [0.05, 0.1) is 17.6 Å². The molecule has 0 bridgehead atoms. The summed E-state index contributed by atoms with van der Waals surface area (Å²) in [5, 5.41) is 0. The van der Waals surface area contributed by atoms with Gasteiger partial charge >= 0.3 is 0 Å². The Labute approximate surface area is 133 Å². The van der Waals surface area contributed by atoms with Crippen LogP contribution in [0.2, 0.25) is 0 Å². The van der Waals surface area contributed by atoms with E-state index in [0.29, 0.717) is 0 Å². The van der Waals surface area contributed by atoms with Crippen LogP contribution in [0.25, 0.3) is 22.5 Å². The summed E-state index contributed by atoms with van der Waals surface area (Å²) >= 11 is 0. The molecule has 0 atom stereocenters. The van der Waals surface area contributed by atoms with Crippen LogP contribution in [0.15, 0.2) is 61.2 Å². The van der Waals surface area contributed by atoms with Crippen LogP contribution in [0.4, 0.5) is 4.39 Å². The van der Waals surface area contributed by atoms with E-state index < -0.39 is 0 Å². The van der Waals surface area contributed by atoms with Crippen LogP contribution in [-0.4, -0.2) is 32.9 Å². The van der Waals surface area contributed by atoms with E-state index in [0.717, 1.165) is 34.7 Å². The average molecular weight is 306 g/mol. The number of hydrogen-bond donors (Lipinski definition) is 0. The van der Waals surface area contributed by atoms with E-state index in [9.17, 15) is 4.39 Å². The molecule has 0 N–H and O–H groups in total. The van der Waals surface area contributed by atoms with E-state index in [-0.39, 0.29) is 5.82 Å². The lowest BCUT2D eigenvalue weighted by Crippen LogP contribution is -2.13. The van der Waals surface area contributed by atoms with Gasteiger partial charge in [0.15, 0.2) is 5.65 Å². The quantitative estimate of drug-likeness (QED) is 0.728. The molecule has 4 nitrogen and oxygen atoms in total. The van der Waals surface area contributed by atoms with Crippen molar-refractivity contribution < 1.29 is 4.39 Å². The smallest absolute Gasteiger partial charge is 0.156 e. The second-order valence-corrected chi connectivity index (χ2v) is 5.60. The van der Waals surface area contributed by atoms with Crippen molar-refractivity contribution in [3.05, 3.63) is 72.7 Å². The minimum Gasteiger partial charge on any atom is -0.376 e. The van der Waals surface area contributed by atoms with Crippen molar-refractivity contribution >= 4 is 11.2 Å². The fraction of sp³-hybridized carbons (Fsp3) is 0.111. The Morgan fingerprint density at radius 1 is 1.09 bits per heavy atom. The molecular weight excluding hydrogens is 291 g/mol. The first-order valence-electron chi connectivity index (χ1n) is 7.39. The van der Waals surface area contributed by atoms with Gasteiger partial charge in [-0.15, -0.1) is 0 Å². The molecule has 114 valence electrons. The van der Waals surface area contributed by atoms with Crippen molar-refractivity contribution in [3.8, 4) is 11.3 Å². The summed E-state index contributed by atoms with van der Waals surface area (Å²) in [6, 6.07) is 6.33. The highest BCUT2D eigenvalue weighted by Gasteiger charge is 2.10. The lowest BCUT2D eigenvalue weighted by Gasteiger charge is -2.16. The number of allylic oxidation sites excluding steroid dienone is 2. The molecule has 3 heterocycles. The number of halogens is 1. The molecule has 1 aromatic carbocycles. The van der Waals surface area contributed by atoms with Crippen molar-refractivity contribution in [2.45, 2.75) is 0 Å². The van der Waals surface area contributed by atoms with Crippen molar-refractivity contribution in [3.63, 3.8) is 0 Å². The van der Waals surface area contributed by atoms with Gasteiger partial charge in [-0.05, 0) is 24.3 Å². The third kappa shape index (κ3) is 2.61. The van der Waals surface area contributed by atoms with Crippen molar-refractivity contribution in [1.29, 1.82) is 0 Å². The third-order valence-electron chi connectivity index (χ3n) is 3.83. The van der Waals surface area contributed by atoms with Crippen LogP contribution >= 0.6 is 0 Å².